The second kappa shape index (κ2) is 8.39. The van der Waals surface area contributed by atoms with Crippen molar-refractivity contribution in [3.8, 4) is 11.1 Å². The number of benzene rings is 2. The summed E-state index contributed by atoms with van der Waals surface area (Å²) in [5.41, 5.74) is 7.81. The predicted octanol–water partition coefficient (Wildman–Crippen LogP) is 5.75. The molecule has 2 N–H and O–H groups in total. The van der Waals surface area contributed by atoms with Crippen LogP contribution in [0, 0.1) is 0 Å². The van der Waals surface area contributed by atoms with Crippen LogP contribution in [-0.2, 0) is 12.8 Å². The van der Waals surface area contributed by atoms with Crippen molar-refractivity contribution in [3.63, 3.8) is 0 Å². The molecule has 0 bridgehead atoms. The molecule has 138 valence electrons. The number of unbranched alkanes of at least 4 members (excludes halogenated alkanes) is 2. The molecule has 0 saturated carbocycles. The second-order valence-electron chi connectivity index (χ2n) is 7.29. The van der Waals surface area contributed by atoms with E-state index in [-0.39, 0.29) is 5.92 Å². The van der Waals surface area contributed by atoms with Crippen LogP contribution in [0.25, 0.3) is 11.1 Å². The van der Waals surface area contributed by atoms with E-state index in [1.165, 1.54) is 59.1 Å². The van der Waals surface area contributed by atoms with E-state index in [0.717, 1.165) is 12.8 Å². The molecule has 3 rings (SSSR count). The Morgan fingerprint density at radius 3 is 2.23 bits per heavy atom. The van der Waals surface area contributed by atoms with Gasteiger partial charge in [0.1, 0.15) is 0 Å². The predicted molar refractivity (Wildman–Crippen MR) is 107 cm³/mol. The van der Waals surface area contributed by atoms with Crippen molar-refractivity contribution in [2.45, 2.75) is 58.3 Å². The highest BCUT2D eigenvalue weighted by Crippen LogP contribution is 2.45. The van der Waals surface area contributed by atoms with Gasteiger partial charge in [0.05, 0.1) is 0 Å². The fourth-order valence-electron chi connectivity index (χ4n) is 3.94. The van der Waals surface area contributed by atoms with Crippen LogP contribution in [0.1, 0.15) is 67.7 Å². The Kier molecular flexibility index (Phi) is 5.97. The third-order valence-corrected chi connectivity index (χ3v) is 5.37. The van der Waals surface area contributed by atoms with Gasteiger partial charge in [-0.1, -0.05) is 63.1 Å². The third-order valence-electron chi connectivity index (χ3n) is 5.37. The Balaban J connectivity index is 1.97. The van der Waals surface area contributed by atoms with Gasteiger partial charge in [0.15, 0.2) is 0 Å². The number of hydrogen-bond donors (Lipinski definition) is 2. The molecule has 0 heterocycles. The number of fused-ring (bicyclic) bond motifs is 3. The molecule has 0 saturated heterocycles. The molecule has 1 aliphatic carbocycles. The van der Waals surface area contributed by atoms with Crippen LogP contribution in [0.15, 0.2) is 36.4 Å². The zero-order chi connectivity index (χ0) is 18.5. The first-order chi connectivity index (χ1) is 12.6. The van der Waals surface area contributed by atoms with Gasteiger partial charge in [-0.25, -0.2) is 4.79 Å². The van der Waals surface area contributed by atoms with E-state index < -0.39 is 6.09 Å². The van der Waals surface area contributed by atoms with Crippen molar-refractivity contribution in [3.05, 3.63) is 58.7 Å². The van der Waals surface area contributed by atoms with Crippen molar-refractivity contribution in [2.24, 2.45) is 0 Å². The van der Waals surface area contributed by atoms with Crippen molar-refractivity contribution in [1.29, 1.82) is 0 Å². The van der Waals surface area contributed by atoms with E-state index in [9.17, 15) is 4.79 Å². The molecule has 1 aliphatic rings. The molecule has 2 aromatic carbocycles. The number of hydrogen-bond acceptors (Lipinski definition) is 1. The summed E-state index contributed by atoms with van der Waals surface area (Å²) in [6.45, 7) is 4.86. The SMILES string of the molecule is CCCCc1ccc2c(c1)-c1ccc(CCCC)cc1C2CNC(=O)O. The Labute approximate surface area is 156 Å². The number of carbonyl (C=O) groups is 1. The van der Waals surface area contributed by atoms with Gasteiger partial charge in [-0.3, -0.25) is 0 Å². The molecular weight excluding hydrogens is 322 g/mol. The van der Waals surface area contributed by atoms with E-state index in [0.29, 0.717) is 6.54 Å². The molecule has 0 aromatic heterocycles. The van der Waals surface area contributed by atoms with Crippen LogP contribution >= 0.6 is 0 Å². The Hall–Kier alpha value is -2.29. The largest absolute Gasteiger partial charge is 0.465 e. The number of rotatable bonds is 8. The maximum absolute atomic E-state index is 11.0. The van der Waals surface area contributed by atoms with E-state index in [4.69, 9.17) is 5.11 Å². The minimum Gasteiger partial charge on any atom is -0.465 e. The van der Waals surface area contributed by atoms with Crippen molar-refractivity contribution < 1.29 is 9.90 Å². The van der Waals surface area contributed by atoms with Gasteiger partial charge in [0.25, 0.3) is 0 Å². The third kappa shape index (κ3) is 3.92. The molecule has 1 atom stereocenters. The quantitative estimate of drug-likeness (QED) is 0.636. The van der Waals surface area contributed by atoms with E-state index in [1.807, 2.05) is 0 Å². The number of aryl methyl sites for hydroxylation is 2. The molecule has 0 radical (unpaired) electrons. The van der Waals surface area contributed by atoms with Gasteiger partial charge in [-0.15, -0.1) is 0 Å². The second-order valence-corrected chi connectivity index (χ2v) is 7.29. The molecular formula is C23H29NO2. The number of nitrogens with one attached hydrogen (secondary N) is 1. The fraction of sp³-hybridized carbons (Fsp3) is 0.435. The van der Waals surface area contributed by atoms with Gasteiger partial charge < -0.3 is 10.4 Å². The molecule has 3 heteroatoms. The zero-order valence-electron chi connectivity index (χ0n) is 15.8. The maximum atomic E-state index is 11.0. The minimum atomic E-state index is -0.957. The molecule has 0 aliphatic heterocycles. The standard InChI is InChI=1S/C23H29NO2/c1-3-5-7-16-10-12-19-20(13-16)18-11-9-17(8-6-4-2)14-21(18)22(19)15-24-23(25)26/h9-14,22,24H,3-8,15H2,1-2H3,(H,25,26). The fourth-order valence-corrected chi connectivity index (χ4v) is 3.94. The lowest BCUT2D eigenvalue weighted by atomic mass is 9.94. The summed E-state index contributed by atoms with van der Waals surface area (Å²) in [5.74, 6) is 0.109. The first-order valence-electron chi connectivity index (χ1n) is 9.86. The van der Waals surface area contributed by atoms with Crippen molar-refractivity contribution in [2.75, 3.05) is 6.54 Å². The normalized spacial score (nSPS) is 14.8. The van der Waals surface area contributed by atoms with E-state index in [2.05, 4.69) is 55.6 Å². The van der Waals surface area contributed by atoms with Crippen LogP contribution in [-0.4, -0.2) is 17.7 Å². The summed E-state index contributed by atoms with van der Waals surface area (Å²) >= 11 is 0. The summed E-state index contributed by atoms with van der Waals surface area (Å²) in [6, 6.07) is 13.5. The highest BCUT2D eigenvalue weighted by Gasteiger charge is 2.29. The highest BCUT2D eigenvalue weighted by atomic mass is 16.4. The molecule has 1 unspecified atom stereocenters. The number of amides is 1. The Morgan fingerprint density at radius 2 is 1.58 bits per heavy atom. The van der Waals surface area contributed by atoms with Crippen LogP contribution < -0.4 is 5.32 Å². The molecule has 26 heavy (non-hydrogen) atoms. The molecule has 2 aromatic rings. The van der Waals surface area contributed by atoms with Crippen molar-refractivity contribution >= 4 is 6.09 Å². The zero-order valence-corrected chi connectivity index (χ0v) is 15.8. The lowest BCUT2D eigenvalue weighted by Gasteiger charge is -2.14. The first-order valence-corrected chi connectivity index (χ1v) is 9.86. The van der Waals surface area contributed by atoms with Gasteiger partial charge in [-0.05, 0) is 59.1 Å². The lowest BCUT2D eigenvalue weighted by Crippen LogP contribution is -2.26. The van der Waals surface area contributed by atoms with Crippen LogP contribution in [0.2, 0.25) is 0 Å². The summed E-state index contributed by atoms with van der Waals surface area (Å²) in [6.07, 6.45) is 5.99. The van der Waals surface area contributed by atoms with E-state index in [1.54, 1.807) is 0 Å². The molecule has 3 nitrogen and oxygen atoms in total. The molecule has 0 fully saturated rings. The topological polar surface area (TPSA) is 49.3 Å². The lowest BCUT2D eigenvalue weighted by molar-refractivity contribution is 0.194. The van der Waals surface area contributed by atoms with Crippen LogP contribution in [0.5, 0.6) is 0 Å². The smallest absolute Gasteiger partial charge is 0.404 e. The highest BCUT2D eigenvalue weighted by molar-refractivity contribution is 5.80. The maximum Gasteiger partial charge on any atom is 0.404 e. The number of carboxylic acid groups (broad SMARTS) is 1. The average Bonchev–Trinajstić information content (AvgIpc) is 2.95. The van der Waals surface area contributed by atoms with Gasteiger partial charge in [0, 0.05) is 12.5 Å². The van der Waals surface area contributed by atoms with Gasteiger partial charge >= 0.3 is 6.09 Å². The van der Waals surface area contributed by atoms with E-state index >= 15 is 0 Å². The molecule has 0 spiro atoms. The van der Waals surface area contributed by atoms with Crippen LogP contribution in [0.3, 0.4) is 0 Å². The average molecular weight is 351 g/mol. The summed E-state index contributed by atoms with van der Waals surface area (Å²) < 4.78 is 0. The van der Waals surface area contributed by atoms with Gasteiger partial charge in [-0.2, -0.15) is 0 Å². The summed E-state index contributed by atoms with van der Waals surface area (Å²) in [4.78, 5) is 11.0. The minimum absolute atomic E-state index is 0.109. The Morgan fingerprint density at radius 1 is 0.923 bits per heavy atom. The monoisotopic (exact) mass is 351 g/mol. The van der Waals surface area contributed by atoms with Crippen LogP contribution in [0.4, 0.5) is 4.79 Å². The van der Waals surface area contributed by atoms with Gasteiger partial charge in [0.2, 0.25) is 0 Å². The first kappa shape index (κ1) is 18.5. The Bertz CT molecular complexity index is 782. The molecule has 1 amide bonds. The van der Waals surface area contributed by atoms with Crippen molar-refractivity contribution in [1.82, 2.24) is 5.32 Å². The summed E-state index contributed by atoms with van der Waals surface area (Å²) in [5, 5.41) is 11.7. The summed E-state index contributed by atoms with van der Waals surface area (Å²) in [7, 11) is 0.